The first-order valence-electron chi connectivity index (χ1n) is 5.11. The Hall–Kier alpha value is -2.36. The third-order valence-electron chi connectivity index (χ3n) is 2.35. The van der Waals surface area contributed by atoms with E-state index in [4.69, 9.17) is 0 Å². The maximum Gasteiger partial charge on any atom is 0.262 e. The maximum absolute atomic E-state index is 11.2. The van der Waals surface area contributed by atoms with E-state index in [1.54, 1.807) is 6.20 Å². The van der Waals surface area contributed by atoms with Crippen LogP contribution in [0.1, 0.15) is 16.2 Å². The maximum atomic E-state index is 11.2. The molecule has 1 heterocycles. The zero-order valence-electron chi connectivity index (χ0n) is 9.25. The number of carbonyl (C=O) groups excluding carboxylic acids is 2. The van der Waals surface area contributed by atoms with Crippen molar-refractivity contribution in [2.75, 3.05) is 0 Å². The largest absolute Gasteiger partial charge is 0.294 e. The van der Waals surface area contributed by atoms with E-state index in [9.17, 15) is 9.59 Å². The predicted molar refractivity (Wildman–Crippen MR) is 62.6 cm³/mol. The van der Waals surface area contributed by atoms with Crippen LogP contribution in [0.4, 0.5) is 0 Å². The smallest absolute Gasteiger partial charge is 0.262 e. The van der Waals surface area contributed by atoms with Crippen LogP contribution in [0.25, 0.3) is 11.3 Å². The van der Waals surface area contributed by atoms with Gasteiger partial charge in [0.15, 0.2) is 6.29 Å². The van der Waals surface area contributed by atoms with E-state index in [2.05, 4.69) is 9.97 Å². The molecule has 1 aromatic heterocycles. The number of aryl methyl sites for hydroxylation is 1. The lowest BCUT2D eigenvalue weighted by molar-refractivity contribution is -0.104. The van der Waals surface area contributed by atoms with Crippen LogP contribution in [0.3, 0.4) is 0 Å². The van der Waals surface area contributed by atoms with Crippen LogP contribution in [0.15, 0.2) is 36.5 Å². The summed E-state index contributed by atoms with van der Waals surface area (Å²) in [5.74, 6) is -0.772. The Balaban J connectivity index is 2.54. The third-order valence-corrected chi connectivity index (χ3v) is 2.35. The Kier molecular flexibility index (Phi) is 3.05. The van der Waals surface area contributed by atoms with Crippen molar-refractivity contribution in [1.29, 1.82) is 0 Å². The highest BCUT2D eigenvalue weighted by Gasteiger charge is 2.11. The van der Waals surface area contributed by atoms with Gasteiger partial charge in [-0.1, -0.05) is 30.3 Å². The molecule has 0 N–H and O–H groups in total. The molecule has 4 nitrogen and oxygen atoms in total. The molecule has 2 rings (SSSR count). The van der Waals surface area contributed by atoms with Gasteiger partial charge in [0.05, 0.1) is 5.69 Å². The summed E-state index contributed by atoms with van der Waals surface area (Å²) in [6.45, 7) is 1.86. The van der Waals surface area contributed by atoms with Crippen LogP contribution < -0.4 is 0 Å². The van der Waals surface area contributed by atoms with Gasteiger partial charge in [-0.3, -0.25) is 9.59 Å². The second kappa shape index (κ2) is 4.65. The summed E-state index contributed by atoms with van der Waals surface area (Å²) in [6, 6.07) is 9.46. The second-order valence-electron chi connectivity index (χ2n) is 3.57. The molecule has 0 atom stereocenters. The van der Waals surface area contributed by atoms with Crippen molar-refractivity contribution in [3.8, 4) is 11.3 Å². The van der Waals surface area contributed by atoms with Gasteiger partial charge in [0.2, 0.25) is 5.82 Å². The number of hydrogen-bond donors (Lipinski definition) is 0. The lowest BCUT2D eigenvalue weighted by atomic mass is 10.1. The Morgan fingerprint density at radius 1 is 1.24 bits per heavy atom. The zero-order valence-corrected chi connectivity index (χ0v) is 9.25. The highest BCUT2D eigenvalue weighted by Crippen LogP contribution is 2.19. The van der Waals surface area contributed by atoms with E-state index in [1.165, 1.54) is 0 Å². The van der Waals surface area contributed by atoms with Gasteiger partial charge in [-0.05, 0) is 12.5 Å². The van der Waals surface area contributed by atoms with Crippen LogP contribution in [0.2, 0.25) is 0 Å². The van der Waals surface area contributed by atoms with Crippen molar-refractivity contribution in [2.45, 2.75) is 6.92 Å². The van der Waals surface area contributed by atoms with Gasteiger partial charge >= 0.3 is 0 Å². The standard InChI is InChI=1S/C13H10N2O2/c1-9-7-14-13(11(17)8-16)15-12(9)10-5-3-2-4-6-10/h2-8H,1H3. The molecule has 0 bridgehead atoms. The van der Waals surface area contributed by atoms with E-state index < -0.39 is 5.78 Å². The number of ketones is 1. The summed E-state index contributed by atoms with van der Waals surface area (Å²) in [6.07, 6.45) is 1.77. The van der Waals surface area contributed by atoms with Crippen LogP contribution in [0.5, 0.6) is 0 Å². The van der Waals surface area contributed by atoms with E-state index in [0.29, 0.717) is 5.69 Å². The lowest BCUT2D eigenvalue weighted by Gasteiger charge is -2.05. The van der Waals surface area contributed by atoms with Crippen molar-refractivity contribution in [3.05, 3.63) is 47.9 Å². The van der Waals surface area contributed by atoms with Crippen molar-refractivity contribution in [1.82, 2.24) is 9.97 Å². The summed E-state index contributed by atoms with van der Waals surface area (Å²) in [5, 5.41) is 0. The summed E-state index contributed by atoms with van der Waals surface area (Å²) < 4.78 is 0. The molecule has 17 heavy (non-hydrogen) atoms. The topological polar surface area (TPSA) is 59.9 Å². The fourth-order valence-corrected chi connectivity index (χ4v) is 1.50. The van der Waals surface area contributed by atoms with E-state index in [0.717, 1.165) is 11.1 Å². The molecule has 2 aromatic rings. The van der Waals surface area contributed by atoms with Crippen LogP contribution in [-0.4, -0.2) is 22.0 Å². The Bertz CT molecular complexity index is 565. The molecule has 0 aliphatic heterocycles. The molecule has 84 valence electrons. The Labute approximate surface area is 98.3 Å². The van der Waals surface area contributed by atoms with E-state index >= 15 is 0 Å². The van der Waals surface area contributed by atoms with Crippen molar-refractivity contribution in [2.24, 2.45) is 0 Å². The number of carbonyl (C=O) groups is 2. The molecule has 0 spiro atoms. The lowest BCUT2D eigenvalue weighted by Crippen LogP contribution is -2.07. The van der Waals surface area contributed by atoms with E-state index in [1.807, 2.05) is 37.3 Å². The first-order valence-corrected chi connectivity index (χ1v) is 5.11. The zero-order chi connectivity index (χ0) is 12.3. The van der Waals surface area contributed by atoms with E-state index in [-0.39, 0.29) is 12.1 Å². The molecule has 0 saturated carbocycles. The normalized spacial score (nSPS) is 9.94. The minimum atomic E-state index is -0.706. The number of aromatic nitrogens is 2. The summed E-state index contributed by atoms with van der Waals surface area (Å²) in [4.78, 5) is 29.6. The number of aldehydes is 1. The molecule has 0 radical (unpaired) electrons. The van der Waals surface area contributed by atoms with Gasteiger partial charge in [-0.2, -0.15) is 0 Å². The van der Waals surface area contributed by atoms with Gasteiger partial charge in [0, 0.05) is 11.8 Å². The number of rotatable bonds is 3. The molecule has 1 aromatic carbocycles. The second-order valence-corrected chi connectivity index (χ2v) is 3.57. The van der Waals surface area contributed by atoms with Gasteiger partial charge in [-0.15, -0.1) is 0 Å². The first kappa shape index (κ1) is 11.1. The Morgan fingerprint density at radius 3 is 2.59 bits per heavy atom. The van der Waals surface area contributed by atoms with Crippen molar-refractivity contribution >= 4 is 12.1 Å². The molecule has 0 amide bonds. The quantitative estimate of drug-likeness (QED) is 0.455. The molecular formula is C13H10N2O2. The highest BCUT2D eigenvalue weighted by molar-refractivity contribution is 6.31. The summed E-state index contributed by atoms with van der Waals surface area (Å²) in [5.41, 5.74) is 2.43. The van der Waals surface area contributed by atoms with Gasteiger partial charge < -0.3 is 0 Å². The molecule has 0 unspecified atom stereocenters. The van der Waals surface area contributed by atoms with Gasteiger partial charge in [0.1, 0.15) is 0 Å². The SMILES string of the molecule is Cc1cnc(C(=O)C=O)nc1-c1ccccc1. The number of Topliss-reactive ketones (excluding diaryl/α,β-unsaturated/α-hetero) is 1. The molecule has 0 aliphatic carbocycles. The number of nitrogens with zero attached hydrogens (tertiary/aromatic N) is 2. The number of hydrogen-bond acceptors (Lipinski definition) is 4. The average molecular weight is 226 g/mol. The minimum absolute atomic E-state index is 0.0653. The van der Waals surface area contributed by atoms with Crippen LogP contribution in [0, 0.1) is 6.92 Å². The highest BCUT2D eigenvalue weighted by atomic mass is 16.2. The van der Waals surface area contributed by atoms with Gasteiger partial charge in [0.25, 0.3) is 5.78 Å². The minimum Gasteiger partial charge on any atom is -0.294 e. The molecule has 0 saturated heterocycles. The van der Waals surface area contributed by atoms with Crippen LogP contribution >= 0.6 is 0 Å². The molecule has 4 heteroatoms. The Morgan fingerprint density at radius 2 is 1.94 bits per heavy atom. The van der Waals surface area contributed by atoms with Gasteiger partial charge in [-0.25, -0.2) is 9.97 Å². The van der Waals surface area contributed by atoms with Crippen molar-refractivity contribution in [3.63, 3.8) is 0 Å². The average Bonchev–Trinajstić information content (AvgIpc) is 2.39. The number of benzene rings is 1. The molecule has 0 fully saturated rings. The summed E-state index contributed by atoms with van der Waals surface area (Å²) in [7, 11) is 0. The fourth-order valence-electron chi connectivity index (χ4n) is 1.50. The third kappa shape index (κ3) is 2.25. The van der Waals surface area contributed by atoms with Crippen molar-refractivity contribution < 1.29 is 9.59 Å². The molecule has 0 aliphatic rings. The predicted octanol–water partition coefficient (Wildman–Crippen LogP) is 1.83. The summed E-state index contributed by atoms with van der Waals surface area (Å²) >= 11 is 0. The monoisotopic (exact) mass is 226 g/mol. The fraction of sp³-hybridized carbons (Fsp3) is 0.0769. The first-order chi connectivity index (χ1) is 8.22. The molecular weight excluding hydrogens is 216 g/mol. The van der Waals surface area contributed by atoms with Crippen LogP contribution in [-0.2, 0) is 4.79 Å².